The van der Waals surface area contributed by atoms with Crippen LogP contribution in [0.2, 0.25) is 0 Å². The van der Waals surface area contributed by atoms with Crippen LogP contribution in [0.4, 0.5) is 0 Å². The molecule has 0 bridgehead atoms. The van der Waals surface area contributed by atoms with E-state index in [0.717, 1.165) is 0 Å². The second-order valence-corrected chi connectivity index (χ2v) is 7.57. The fourth-order valence-electron chi connectivity index (χ4n) is 3.92. The van der Waals surface area contributed by atoms with Crippen LogP contribution in [0.1, 0.15) is 38.3 Å². The van der Waals surface area contributed by atoms with Crippen molar-refractivity contribution in [1.29, 1.82) is 0 Å². The van der Waals surface area contributed by atoms with Crippen LogP contribution in [0, 0.1) is 17.8 Å². The average molecular weight is 338 g/mol. The molecule has 2 nitrogen and oxygen atoms in total. The summed E-state index contributed by atoms with van der Waals surface area (Å²) in [6.07, 6.45) is 1.49. The number of hydrogen-bond acceptors (Lipinski definition) is 2. The number of benzene rings is 2. The van der Waals surface area contributed by atoms with Gasteiger partial charge in [0.05, 0.1) is 25.4 Å². The first-order valence-electron chi connectivity index (χ1n) is 9.46. The molecule has 25 heavy (non-hydrogen) atoms. The van der Waals surface area contributed by atoms with Gasteiger partial charge in [-0.1, -0.05) is 81.4 Å². The third kappa shape index (κ3) is 4.71. The standard InChI is InChI=1S/C23H30O2/c1-17-14-18(2)22(24-15-20-10-6-4-7-11-20)23(19(17)3)25-16-21-12-8-5-9-13-21/h4-13,17-19,22-23H,14-16H2,1-3H3/t17-,18?,19?,22+,23-/m1/s1. The van der Waals surface area contributed by atoms with E-state index in [0.29, 0.717) is 31.0 Å². The summed E-state index contributed by atoms with van der Waals surface area (Å²) in [5, 5.41) is 0. The van der Waals surface area contributed by atoms with Crippen LogP contribution in [0.25, 0.3) is 0 Å². The maximum atomic E-state index is 6.40. The van der Waals surface area contributed by atoms with Crippen LogP contribution in [-0.2, 0) is 22.7 Å². The molecule has 1 saturated carbocycles. The molecule has 0 radical (unpaired) electrons. The molecule has 0 aromatic heterocycles. The van der Waals surface area contributed by atoms with Gasteiger partial charge in [0.25, 0.3) is 0 Å². The lowest BCUT2D eigenvalue weighted by Gasteiger charge is -2.43. The predicted molar refractivity (Wildman–Crippen MR) is 102 cm³/mol. The summed E-state index contributed by atoms with van der Waals surface area (Å²) in [6.45, 7) is 8.26. The minimum atomic E-state index is 0.141. The van der Waals surface area contributed by atoms with E-state index in [9.17, 15) is 0 Å². The SMILES string of the molecule is CC1[C@H](C)CC(C)[C@H](OCc2ccccc2)[C@@H]1OCc1ccccc1. The van der Waals surface area contributed by atoms with Crippen LogP contribution in [0.3, 0.4) is 0 Å². The topological polar surface area (TPSA) is 18.5 Å². The molecule has 0 N–H and O–H groups in total. The molecule has 3 rings (SSSR count). The van der Waals surface area contributed by atoms with Gasteiger partial charge in [-0.3, -0.25) is 0 Å². The molecule has 5 atom stereocenters. The highest BCUT2D eigenvalue weighted by molar-refractivity contribution is 5.14. The monoisotopic (exact) mass is 338 g/mol. The lowest BCUT2D eigenvalue weighted by atomic mass is 9.72. The molecule has 0 heterocycles. The van der Waals surface area contributed by atoms with Crippen LogP contribution >= 0.6 is 0 Å². The summed E-state index contributed by atoms with van der Waals surface area (Å²) < 4.78 is 12.8. The normalized spacial score (nSPS) is 29.5. The lowest BCUT2D eigenvalue weighted by molar-refractivity contribution is -0.157. The third-order valence-electron chi connectivity index (χ3n) is 5.61. The van der Waals surface area contributed by atoms with Gasteiger partial charge >= 0.3 is 0 Å². The molecule has 1 aliphatic rings. The van der Waals surface area contributed by atoms with Gasteiger partial charge in [0.1, 0.15) is 0 Å². The van der Waals surface area contributed by atoms with Gasteiger partial charge in [0.15, 0.2) is 0 Å². The van der Waals surface area contributed by atoms with Gasteiger partial charge in [0, 0.05) is 0 Å². The van der Waals surface area contributed by atoms with Crippen molar-refractivity contribution in [2.24, 2.45) is 17.8 Å². The van der Waals surface area contributed by atoms with Crippen molar-refractivity contribution in [3.63, 3.8) is 0 Å². The van der Waals surface area contributed by atoms with Crippen molar-refractivity contribution in [3.05, 3.63) is 71.8 Å². The smallest absolute Gasteiger partial charge is 0.0871 e. The van der Waals surface area contributed by atoms with E-state index >= 15 is 0 Å². The van der Waals surface area contributed by atoms with Crippen molar-refractivity contribution in [2.75, 3.05) is 0 Å². The minimum Gasteiger partial charge on any atom is -0.371 e. The molecular formula is C23H30O2. The van der Waals surface area contributed by atoms with Gasteiger partial charge in [-0.25, -0.2) is 0 Å². The maximum Gasteiger partial charge on any atom is 0.0871 e. The van der Waals surface area contributed by atoms with Crippen molar-refractivity contribution >= 4 is 0 Å². The van der Waals surface area contributed by atoms with E-state index < -0.39 is 0 Å². The molecule has 2 aromatic rings. The Bertz CT molecular complexity index is 625. The van der Waals surface area contributed by atoms with Crippen LogP contribution in [0.15, 0.2) is 60.7 Å². The molecule has 0 amide bonds. The van der Waals surface area contributed by atoms with Crippen molar-refractivity contribution in [3.8, 4) is 0 Å². The first-order valence-corrected chi connectivity index (χ1v) is 9.46. The average Bonchev–Trinajstić information content (AvgIpc) is 2.64. The Morgan fingerprint density at radius 1 is 0.680 bits per heavy atom. The first-order chi connectivity index (χ1) is 12.1. The van der Waals surface area contributed by atoms with Gasteiger partial charge < -0.3 is 9.47 Å². The van der Waals surface area contributed by atoms with Gasteiger partial charge in [-0.15, -0.1) is 0 Å². The zero-order valence-corrected chi connectivity index (χ0v) is 15.6. The summed E-state index contributed by atoms with van der Waals surface area (Å²) in [6, 6.07) is 20.9. The quantitative estimate of drug-likeness (QED) is 0.695. The van der Waals surface area contributed by atoms with Crippen molar-refractivity contribution < 1.29 is 9.47 Å². The number of ether oxygens (including phenoxy) is 2. The molecular weight excluding hydrogens is 308 g/mol. The molecule has 1 aliphatic carbocycles. The molecule has 0 saturated heterocycles. The Morgan fingerprint density at radius 3 is 1.68 bits per heavy atom. The van der Waals surface area contributed by atoms with E-state index in [1.807, 2.05) is 12.1 Å². The summed E-state index contributed by atoms with van der Waals surface area (Å²) in [5.41, 5.74) is 2.45. The van der Waals surface area contributed by atoms with E-state index in [2.05, 4.69) is 69.3 Å². The summed E-state index contributed by atoms with van der Waals surface area (Å²) in [7, 11) is 0. The minimum absolute atomic E-state index is 0.141. The van der Waals surface area contributed by atoms with Gasteiger partial charge in [-0.2, -0.15) is 0 Å². The van der Waals surface area contributed by atoms with E-state index in [4.69, 9.17) is 9.47 Å². The maximum absolute atomic E-state index is 6.40. The lowest BCUT2D eigenvalue weighted by Crippen LogP contribution is -2.48. The molecule has 0 aliphatic heterocycles. The Hall–Kier alpha value is -1.64. The zero-order valence-electron chi connectivity index (χ0n) is 15.6. The zero-order chi connectivity index (χ0) is 17.6. The highest BCUT2D eigenvalue weighted by Gasteiger charge is 2.40. The Morgan fingerprint density at radius 2 is 1.16 bits per heavy atom. The largest absolute Gasteiger partial charge is 0.371 e. The number of hydrogen-bond donors (Lipinski definition) is 0. The third-order valence-corrected chi connectivity index (χ3v) is 5.61. The van der Waals surface area contributed by atoms with Crippen molar-refractivity contribution in [1.82, 2.24) is 0 Å². The number of rotatable bonds is 6. The van der Waals surface area contributed by atoms with Crippen molar-refractivity contribution in [2.45, 2.75) is 52.6 Å². The molecule has 2 aromatic carbocycles. The Balaban J connectivity index is 1.67. The van der Waals surface area contributed by atoms with Crippen LogP contribution in [0.5, 0.6) is 0 Å². The highest BCUT2D eigenvalue weighted by atomic mass is 16.5. The summed E-state index contributed by atoms with van der Waals surface area (Å²) >= 11 is 0. The Kier molecular flexibility index (Phi) is 6.28. The van der Waals surface area contributed by atoms with Gasteiger partial charge in [-0.05, 0) is 35.3 Å². The summed E-state index contributed by atoms with van der Waals surface area (Å²) in [5.74, 6) is 1.67. The first kappa shape index (κ1) is 18.2. The van der Waals surface area contributed by atoms with E-state index in [1.165, 1.54) is 17.5 Å². The molecule has 2 unspecified atom stereocenters. The fraction of sp³-hybridized carbons (Fsp3) is 0.478. The molecule has 1 fully saturated rings. The predicted octanol–water partition coefficient (Wildman–Crippen LogP) is 5.47. The Labute approximate surface area is 152 Å². The van der Waals surface area contributed by atoms with Crippen LogP contribution < -0.4 is 0 Å². The summed E-state index contributed by atoms with van der Waals surface area (Å²) in [4.78, 5) is 0. The highest BCUT2D eigenvalue weighted by Crippen LogP contribution is 2.38. The fourth-order valence-corrected chi connectivity index (χ4v) is 3.92. The van der Waals surface area contributed by atoms with E-state index in [-0.39, 0.29) is 12.2 Å². The van der Waals surface area contributed by atoms with Gasteiger partial charge in [0.2, 0.25) is 0 Å². The van der Waals surface area contributed by atoms with Crippen LogP contribution in [-0.4, -0.2) is 12.2 Å². The molecule has 0 spiro atoms. The molecule has 2 heteroatoms. The molecule has 134 valence electrons. The van der Waals surface area contributed by atoms with E-state index in [1.54, 1.807) is 0 Å². The second kappa shape index (κ2) is 8.64. The second-order valence-electron chi connectivity index (χ2n) is 7.57.